The first-order valence-electron chi connectivity index (χ1n) is 5.19. The molecule has 0 aromatic carbocycles. The summed E-state index contributed by atoms with van der Waals surface area (Å²) in [6, 6.07) is 3.37. The van der Waals surface area contributed by atoms with Crippen LogP contribution >= 0.6 is 0 Å². The number of nitrogens with one attached hydrogen (secondary N) is 1. The van der Waals surface area contributed by atoms with Crippen LogP contribution < -0.4 is 10.9 Å². The summed E-state index contributed by atoms with van der Waals surface area (Å²) in [7, 11) is 1.75. The highest BCUT2D eigenvalue weighted by Crippen LogP contribution is 2.13. The van der Waals surface area contributed by atoms with Crippen LogP contribution in [0.15, 0.2) is 23.1 Å². The molecule has 1 N–H and O–H groups in total. The van der Waals surface area contributed by atoms with Gasteiger partial charge in [0.05, 0.1) is 0 Å². The Morgan fingerprint density at radius 2 is 2.12 bits per heavy atom. The second-order valence-corrected chi connectivity index (χ2v) is 3.86. The molecule has 0 aliphatic heterocycles. The zero-order chi connectivity index (χ0) is 11.7. The van der Waals surface area contributed by atoms with Crippen molar-refractivity contribution in [2.24, 2.45) is 0 Å². The lowest BCUT2D eigenvalue weighted by Crippen LogP contribution is -2.22. The Bertz CT molecular complexity index is 574. The molecule has 0 saturated carbocycles. The Labute approximate surface area is 93.2 Å². The van der Waals surface area contributed by atoms with Crippen molar-refractivity contribution >= 4 is 17.0 Å². The molecule has 0 spiro atoms. The fourth-order valence-corrected chi connectivity index (χ4v) is 1.66. The molecule has 0 saturated heterocycles. The van der Waals surface area contributed by atoms with Gasteiger partial charge in [-0.05, 0) is 19.9 Å². The Hall–Kier alpha value is -1.91. The van der Waals surface area contributed by atoms with Gasteiger partial charge in [-0.15, -0.1) is 0 Å². The van der Waals surface area contributed by atoms with Gasteiger partial charge in [0.2, 0.25) is 5.95 Å². The smallest absolute Gasteiger partial charge is 0.252 e. The van der Waals surface area contributed by atoms with E-state index in [0.29, 0.717) is 11.6 Å². The molecule has 0 aliphatic carbocycles. The Kier molecular flexibility index (Phi) is 2.60. The van der Waals surface area contributed by atoms with Crippen molar-refractivity contribution in [3.63, 3.8) is 0 Å². The molecular formula is C11H14N4O. The minimum Gasteiger partial charge on any atom is -0.357 e. The van der Waals surface area contributed by atoms with Crippen LogP contribution in [-0.2, 0) is 0 Å². The number of pyridine rings is 1. The van der Waals surface area contributed by atoms with Gasteiger partial charge in [-0.25, -0.2) is 4.98 Å². The molecule has 0 fully saturated rings. The topological polar surface area (TPSA) is 59.8 Å². The van der Waals surface area contributed by atoms with Crippen molar-refractivity contribution in [2.75, 3.05) is 12.4 Å². The molecule has 0 atom stereocenters. The van der Waals surface area contributed by atoms with Gasteiger partial charge < -0.3 is 5.32 Å². The molecule has 2 rings (SSSR count). The third kappa shape index (κ3) is 1.64. The lowest BCUT2D eigenvalue weighted by molar-refractivity contribution is 0.595. The molecule has 0 unspecified atom stereocenters. The van der Waals surface area contributed by atoms with E-state index in [-0.39, 0.29) is 11.6 Å². The second kappa shape index (κ2) is 3.92. The van der Waals surface area contributed by atoms with Crippen LogP contribution in [0.4, 0.5) is 5.95 Å². The quantitative estimate of drug-likeness (QED) is 0.828. The Morgan fingerprint density at radius 1 is 1.38 bits per heavy atom. The summed E-state index contributed by atoms with van der Waals surface area (Å²) < 4.78 is 1.66. The summed E-state index contributed by atoms with van der Waals surface area (Å²) in [6.45, 7) is 3.92. The molecule has 84 valence electrons. The lowest BCUT2D eigenvalue weighted by atomic mass is 10.3. The molecule has 0 aliphatic rings. The van der Waals surface area contributed by atoms with Gasteiger partial charge in [-0.2, -0.15) is 4.98 Å². The monoisotopic (exact) mass is 218 g/mol. The SMILES string of the molecule is CNc1ncc2ccc(=O)n(C(C)C)c2n1. The molecular weight excluding hydrogens is 204 g/mol. The summed E-state index contributed by atoms with van der Waals surface area (Å²) in [4.78, 5) is 20.2. The van der Waals surface area contributed by atoms with Crippen LogP contribution in [0.2, 0.25) is 0 Å². The summed E-state index contributed by atoms with van der Waals surface area (Å²) in [5.41, 5.74) is 0.630. The van der Waals surface area contributed by atoms with E-state index in [1.807, 2.05) is 13.8 Å². The number of anilines is 1. The summed E-state index contributed by atoms with van der Waals surface area (Å²) in [6.07, 6.45) is 1.71. The fourth-order valence-electron chi connectivity index (χ4n) is 1.66. The lowest BCUT2D eigenvalue weighted by Gasteiger charge is -2.12. The number of fused-ring (bicyclic) bond motifs is 1. The number of nitrogens with zero attached hydrogens (tertiary/aromatic N) is 3. The van der Waals surface area contributed by atoms with Crippen molar-refractivity contribution in [1.29, 1.82) is 0 Å². The van der Waals surface area contributed by atoms with Crippen LogP contribution in [0.5, 0.6) is 0 Å². The summed E-state index contributed by atoms with van der Waals surface area (Å²) in [5.74, 6) is 0.521. The normalized spacial score (nSPS) is 11.0. The molecule has 16 heavy (non-hydrogen) atoms. The molecule has 2 aromatic heterocycles. The average Bonchev–Trinajstić information content (AvgIpc) is 2.27. The fraction of sp³-hybridized carbons (Fsp3) is 0.364. The first-order chi connectivity index (χ1) is 7.63. The molecule has 2 heterocycles. The number of hydrogen-bond acceptors (Lipinski definition) is 4. The summed E-state index contributed by atoms with van der Waals surface area (Å²) in [5, 5.41) is 3.73. The van der Waals surface area contributed by atoms with Crippen molar-refractivity contribution in [3.8, 4) is 0 Å². The third-order valence-electron chi connectivity index (χ3n) is 2.41. The van der Waals surface area contributed by atoms with E-state index < -0.39 is 0 Å². The van der Waals surface area contributed by atoms with E-state index in [0.717, 1.165) is 5.39 Å². The van der Waals surface area contributed by atoms with E-state index >= 15 is 0 Å². The van der Waals surface area contributed by atoms with Gasteiger partial charge >= 0.3 is 0 Å². The van der Waals surface area contributed by atoms with E-state index in [1.165, 1.54) is 0 Å². The minimum absolute atomic E-state index is 0.0387. The zero-order valence-corrected chi connectivity index (χ0v) is 9.56. The largest absolute Gasteiger partial charge is 0.357 e. The number of hydrogen-bond donors (Lipinski definition) is 1. The number of rotatable bonds is 2. The summed E-state index contributed by atoms with van der Waals surface area (Å²) >= 11 is 0. The van der Waals surface area contributed by atoms with Crippen molar-refractivity contribution in [2.45, 2.75) is 19.9 Å². The maximum Gasteiger partial charge on any atom is 0.252 e. The van der Waals surface area contributed by atoms with Gasteiger partial charge in [-0.1, -0.05) is 0 Å². The molecule has 0 amide bonds. The standard InChI is InChI=1S/C11H14N4O/c1-7(2)15-9(16)5-4-8-6-13-11(12-3)14-10(8)15/h4-7H,1-3H3,(H,12,13,14). The van der Waals surface area contributed by atoms with Crippen LogP contribution in [0.1, 0.15) is 19.9 Å². The third-order valence-corrected chi connectivity index (χ3v) is 2.41. The van der Waals surface area contributed by atoms with Crippen LogP contribution in [-0.4, -0.2) is 21.6 Å². The highest BCUT2D eigenvalue weighted by atomic mass is 16.1. The first-order valence-corrected chi connectivity index (χ1v) is 5.19. The predicted octanol–water partition coefficient (Wildman–Crippen LogP) is 1.41. The van der Waals surface area contributed by atoms with Gasteiger partial charge in [0.15, 0.2) is 0 Å². The van der Waals surface area contributed by atoms with Crippen molar-refractivity contribution in [3.05, 3.63) is 28.7 Å². The maximum absolute atomic E-state index is 11.8. The minimum atomic E-state index is -0.0387. The number of aromatic nitrogens is 3. The van der Waals surface area contributed by atoms with E-state index in [1.54, 1.807) is 29.9 Å². The highest BCUT2D eigenvalue weighted by Gasteiger charge is 2.08. The van der Waals surface area contributed by atoms with Gasteiger partial charge in [0, 0.05) is 30.7 Å². The van der Waals surface area contributed by atoms with E-state index in [2.05, 4.69) is 15.3 Å². The maximum atomic E-state index is 11.8. The van der Waals surface area contributed by atoms with Crippen LogP contribution in [0.25, 0.3) is 11.0 Å². The molecule has 5 nitrogen and oxygen atoms in total. The highest BCUT2D eigenvalue weighted by molar-refractivity contribution is 5.75. The van der Waals surface area contributed by atoms with Gasteiger partial charge in [0.25, 0.3) is 5.56 Å². The van der Waals surface area contributed by atoms with E-state index in [9.17, 15) is 4.79 Å². The average molecular weight is 218 g/mol. The van der Waals surface area contributed by atoms with E-state index in [4.69, 9.17) is 0 Å². The van der Waals surface area contributed by atoms with Crippen LogP contribution in [0.3, 0.4) is 0 Å². The van der Waals surface area contributed by atoms with Gasteiger partial charge in [0.1, 0.15) is 5.65 Å². The van der Waals surface area contributed by atoms with Crippen molar-refractivity contribution < 1.29 is 0 Å². The Balaban J connectivity index is 2.83. The Morgan fingerprint density at radius 3 is 2.75 bits per heavy atom. The van der Waals surface area contributed by atoms with Crippen LogP contribution in [0, 0.1) is 0 Å². The predicted molar refractivity (Wildman–Crippen MR) is 63.7 cm³/mol. The zero-order valence-electron chi connectivity index (χ0n) is 9.56. The van der Waals surface area contributed by atoms with Gasteiger partial charge in [-0.3, -0.25) is 9.36 Å². The molecule has 2 aromatic rings. The second-order valence-electron chi connectivity index (χ2n) is 3.86. The first kappa shape index (κ1) is 10.6. The molecule has 5 heteroatoms. The molecule has 0 radical (unpaired) electrons. The van der Waals surface area contributed by atoms with Crippen molar-refractivity contribution in [1.82, 2.24) is 14.5 Å². The molecule has 0 bridgehead atoms.